The Hall–Kier alpha value is -3.56. The summed E-state index contributed by atoms with van der Waals surface area (Å²) in [5.41, 5.74) is 0. The van der Waals surface area contributed by atoms with Gasteiger partial charge in [-0.2, -0.15) is 5.10 Å². The highest BCUT2D eigenvalue weighted by Crippen LogP contribution is 2.24. The van der Waals surface area contributed by atoms with Crippen molar-refractivity contribution in [1.29, 1.82) is 0 Å². The summed E-state index contributed by atoms with van der Waals surface area (Å²) in [7, 11) is 0. The van der Waals surface area contributed by atoms with Crippen molar-refractivity contribution < 1.29 is 9.90 Å². The van der Waals surface area contributed by atoms with Crippen molar-refractivity contribution >= 4 is 17.5 Å². The zero-order valence-electron chi connectivity index (χ0n) is 14.4. The van der Waals surface area contributed by atoms with Crippen molar-refractivity contribution in [3.63, 3.8) is 0 Å². The predicted molar refractivity (Wildman–Crippen MR) is 96.4 cm³/mol. The SMILES string of the molecule is O=C(Nc1ncccc1O)C1CCCN(c2ccc(-n3cncn3)nn2)C1. The van der Waals surface area contributed by atoms with Crippen LogP contribution >= 0.6 is 0 Å². The number of carbonyl (C=O) groups is 1. The molecule has 2 N–H and O–H groups in total. The van der Waals surface area contributed by atoms with Crippen LogP contribution in [0.15, 0.2) is 43.1 Å². The van der Waals surface area contributed by atoms with Crippen LogP contribution in [0.2, 0.25) is 0 Å². The number of aromatic nitrogens is 6. The first-order chi connectivity index (χ1) is 13.2. The molecule has 10 nitrogen and oxygen atoms in total. The van der Waals surface area contributed by atoms with Crippen LogP contribution in [-0.2, 0) is 4.79 Å². The molecule has 4 heterocycles. The number of piperidine rings is 1. The van der Waals surface area contributed by atoms with Gasteiger partial charge < -0.3 is 15.3 Å². The number of hydrogen-bond donors (Lipinski definition) is 2. The van der Waals surface area contributed by atoms with Crippen LogP contribution in [0.5, 0.6) is 5.75 Å². The van der Waals surface area contributed by atoms with Gasteiger partial charge in [0.05, 0.1) is 5.92 Å². The van der Waals surface area contributed by atoms with E-state index in [1.807, 2.05) is 17.0 Å². The van der Waals surface area contributed by atoms with Crippen LogP contribution in [0.3, 0.4) is 0 Å². The molecule has 4 rings (SSSR count). The van der Waals surface area contributed by atoms with Crippen molar-refractivity contribution in [1.82, 2.24) is 29.9 Å². The lowest BCUT2D eigenvalue weighted by atomic mass is 9.97. The standard InChI is InChI=1S/C17H18N8O2/c26-13-4-1-7-19-16(13)21-17(27)12-3-2-8-24(9-12)14-5-6-15(23-22-14)25-11-18-10-20-25/h1,4-7,10-12,26H,2-3,8-9H2,(H,19,21,27). The van der Waals surface area contributed by atoms with Gasteiger partial charge >= 0.3 is 0 Å². The van der Waals surface area contributed by atoms with Gasteiger partial charge in [-0.1, -0.05) is 0 Å². The first-order valence-electron chi connectivity index (χ1n) is 8.59. The average Bonchev–Trinajstić information content (AvgIpc) is 3.25. The molecule has 0 aliphatic carbocycles. The molecular formula is C17H18N8O2. The molecule has 1 aliphatic rings. The monoisotopic (exact) mass is 366 g/mol. The Morgan fingerprint density at radius 2 is 2.07 bits per heavy atom. The van der Waals surface area contributed by atoms with Crippen molar-refractivity contribution in [3.8, 4) is 11.6 Å². The molecule has 10 heteroatoms. The third kappa shape index (κ3) is 3.68. The third-order valence-electron chi connectivity index (χ3n) is 4.43. The fraction of sp³-hybridized carbons (Fsp3) is 0.294. The number of nitrogens with zero attached hydrogens (tertiary/aromatic N) is 7. The highest BCUT2D eigenvalue weighted by atomic mass is 16.3. The fourth-order valence-electron chi connectivity index (χ4n) is 3.05. The minimum atomic E-state index is -0.225. The molecule has 0 spiro atoms. The summed E-state index contributed by atoms with van der Waals surface area (Å²) in [5, 5.41) is 24.9. The molecule has 3 aromatic heterocycles. The van der Waals surface area contributed by atoms with Crippen molar-refractivity contribution in [2.24, 2.45) is 5.92 Å². The van der Waals surface area contributed by atoms with E-state index in [4.69, 9.17) is 0 Å². The second-order valence-corrected chi connectivity index (χ2v) is 6.24. The van der Waals surface area contributed by atoms with Gasteiger partial charge in [-0.25, -0.2) is 14.6 Å². The first kappa shape index (κ1) is 16.9. The van der Waals surface area contributed by atoms with E-state index >= 15 is 0 Å². The first-order valence-corrected chi connectivity index (χ1v) is 8.59. The van der Waals surface area contributed by atoms with Crippen LogP contribution in [-0.4, -0.2) is 54.0 Å². The Morgan fingerprint density at radius 3 is 2.81 bits per heavy atom. The lowest BCUT2D eigenvalue weighted by molar-refractivity contribution is -0.120. The molecule has 138 valence electrons. The van der Waals surface area contributed by atoms with Crippen molar-refractivity contribution in [3.05, 3.63) is 43.1 Å². The van der Waals surface area contributed by atoms with E-state index in [1.54, 1.807) is 12.4 Å². The topological polar surface area (TPSA) is 122 Å². The molecule has 1 saturated heterocycles. The minimum Gasteiger partial charge on any atom is -0.504 e. The Bertz CT molecular complexity index is 913. The molecule has 1 atom stereocenters. The maximum absolute atomic E-state index is 12.6. The minimum absolute atomic E-state index is 0.0481. The zero-order chi connectivity index (χ0) is 18.6. The van der Waals surface area contributed by atoms with E-state index in [2.05, 4.69) is 30.6 Å². The second-order valence-electron chi connectivity index (χ2n) is 6.24. The summed E-state index contributed by atoms with van der Waals surface area (Å²) in [6, 6.07) is 6.76. The summed E-state index contributed by atoms with van der Waals surface area (Å²) < 4.78 is 1.53. The maximum atomic E-state index is 12.6. The van der Waals surface area contributed by atoms with Gasteiger partial charge in [0, 0.05) is 19.3 Å². The number of pyridine rings is 1. The number of amides is 1. The van der Waals surface area contributed by atoms with E-state index in [-0.39, 0.29) is 23.4 Å². The fourth-order valence-corrected chi connectivity index (χ4v) is 3.05. The van der Waals surface area contributed by atoms with Gasteiger partial charge in [-0.15, -0.1) is 10.2 Å². The summed E-state index contributed by atoms with van der Waals surface area (Å²) >= 11 is 0. The van der Waals surface area contributed by atoms with E-state index in [0.29, 0.717) is 18.2 Å². The Kier molecular flexibility index (Phi) is 4.60. The molecule has 1 aliphatic heterocycles. The van der Waals surface area contributed by atoms with Crippen LogP contribution in [0.1, 0.15) is 12.8 Å². The lowest BCUT2D eigenvalue weighted by Crippen LogP contribution is -2.41. The quantitative estimate of drug-likeness (QED) is 0.702. The molecule has 3 aromatic rings. The number of carbonyl (C=O) groups excluding carboxylic acids is 1. The average molecular weight is 366 g/mol. The number of hydrogen-bond acceptors (Lipinski definition) is 8. The highest BCUT2D eigenvalue weighted by Gasteiger charge is 2.27. The van der Waals surface area contributed by atoms with E-state index in [0.717, 1.165) is 19.4 Å². The third-order valence-corrected chi connectivity index (χ3v) is 4.43. The van der Waals surface area contributed by atoms with E-state index in [9.17, 15) is 9.90 Å². The van der Waals surface area contributed by atoms with Gasteiger partial charge in [0.2, 0.25) is 5.91 Å². The Labute approximate surface area is 154 Å². The normalized spacial score (nSPS) is 16.9. The van der Waals surface area contributed by atoms with Crippen LogP contribution < -0.4 is 10.2 Å². The van der Waals surface area contributed by atoms with Crippen molar-refractivity contribution in [2.45, 2.75) is 12.8 Å². The van der Waals surface area contributed by atoms with Gasteiger partial charge in [-0.3, -0.25) is 4.79 Å². The van der Waals surface area contributed by atoms with Gasteiger partial charge in [0.15, 0.2) is 23.2 Å². The molecule has 1 fully saturated rings. The van der Waals surface area contributed by atoms with Gasteiger partial charge in [0.1, 0.15) is 12.7 Å². The summed E-state index contributed by atoms with van der Waals surface area (Å²) in [5.74, 6) is 1.02. The van der Waals surface area contributed by atoms with Crippen LogP contribution in [0.25, 0.3) is 5.82 Å². The number of aromatic hydroxyl groups is 1. The Balaban J connectivity index is 1.43. The predicted octanol–water partition coefficient (Wildman–Crippen LogP) is 1.01. The molecule has 0 radical (unpaired) electrons. The summed E-state index contributed by atoms with van der Waals surface area (Å²) in [6.07, 6.45) is 6.13. The highest BCUT2D eigenvalue weighted by molar-refractivity contribution is 5.93. The second kappa shape index (κ2) is 7.36. The van der Waals surface area contributed by atoms with E-state index in [1.165, 1.54) is 23.3 Å². The van der Waals surface area contributed by atoms with Crippen LogP contribution in [0.4, 0.5) is 11.6 Å². The molecule has 0 bridgehead atoms. The van der Waals surface area contributed by atoms with Crippen LogP contribution in [0, 0.1) is 5.92 Å². The molecule has 0 aromatic carbocycles. The van der Waals surface area contributed by atoms with Gasteiger partial charge in [0.25, 0.3) is 0 Å². The largest absolute Gasteiger partial charge is 0.504 e. The molecule has 27 heavy (non-hydrogen) atoms. The van der Waals surface area contributed by atoms with Gasteiger partial charge in [-0.05, 0) is 37.1 Å². The number of rotatable bonds is 4. The molecular weight excluding hydrogens is 348 g/mol. The molecule has 1 unspecified atom stereocenters. The summed E-state index contributed by atoms with van der Waals surface area (Å²) in [6.45, 7) is 1.33. The molecule has 0 saturated carbocycles. The smallest absolute Gasteiger partial charge is 0.230 e. The summed E-state index contributed by atoms with van der Waals surface area (Å²) in [4.78, 5) is 22.5. The maximum Gasteiger partial charge on any atom is 0.230 e. The zero-order valence-corrected chi connectivity index (χ0v) is 14.4. The Morgan fingerprint density at radius 1 is 1.22 bits per heavy atom. The van der Waals surface area contributed by atoms with Crippen molar-refractivity contribution in [2.75, 3.05) is 23.3 Å². The number of nitrogens with one attached hydrogen (secondary N) is 1. The lowest BCUT2D eigenvalue weighted by Gasteiger charge is -2.32. The molecule has 1 amide bonds. The van der Waals surface area contributed by atoms with E-state index < -0.39 is 0 Å². The number of anilines is 2.